The maximum absolute atomic E-state index is 12.7. The fraction of sp³-hybridized carbons (Fsp3) is 0.250. The first-order valence-electron chi connectivity index (χ1n) is 8.74. The molecule has 0 radical (unpaired) electrons. The Kier molecular flexibility index (Phi) is 4.64. The van der Waals surface area contributed by atoms with Crippen LogP contribution in [0.25, 0.3) is 11.4 Å². The Morgan fingerprint density at radius 1 is 1.04 bits per heavy atom. The van der Waals surface area contributed by atoms with Crippen molar-refractivity contribution in [3.63, 3.8) is 0 Å². The third-order valence-electron chi connectivity index (χ3n) is 4.65. The largest absolute Gasteiger partial charge is 0.338 e. The first kappa shape index (κ1) is 16.3. The van der Waals surface area contributed by atoms with Crippen molar-refractivity contribution < 1.29 is 4.79 Å². The summed E-state index contributed by atoms with van der Waals surface area (Å²) < 4.78 is 0. The molecule has 6 heteroatoms. The van der Waals surface area contributed by atoms with Crippen LogP contribution < -0.4 is 0 Å². The zero-order valence-corrected chi connectivity index (χ0v) is 14.3. The first-order chi connectivity index (χ1) is 12.8. The van der Waals surface area contributed by atoms with Gasteiger partial charge < -0.3 is 4.90 Å². The molecule has 1 amide bonds. The van der Waals surface area contributed by atoms with E-state index in [9.17, 15) is 4.79 Å². The van der Waals surface area contributed by atoms with Crippen LogP contribution in [0.15, 0.2) is 61.3 Å². The van der Waals surface area contributed by atoms with E-state index in [0.29, 0.717) is 17.9 Å². The lowest BCUT2D eigenvalue weighted by atomic mass is 9.94. The van der Waals surface area contributed by atoms with Gasteiger partial charge in [0.25, 0.3) is 5.91 Å². The van der Waals surface area contributed by atoms with Crippen molar-refractivity contribution in [1.82, 2.24) is 24.8 Å². The van der Waals surface area contributed by atoms with Gasteiger partial charge in [-0.1, -0.05) is 0 Å². The summed E-state index contributed by atoms with van der Waals surface area (Å²) in [6.07, 6.45) is 10.5. The second kappa shape index (κ2) is 7.39. The average molecular weight is 345 g/mol. The fourth-order valence-corrected chi connectivity index (χ4v) is 3.31. The molecule has 4 rings (SSSR count). The van der Waals surface area contributed by atoms with E-state index in [1.807, 2.05) is 29.2 Å². The summed E-state index contributed by atoms with van der Waals surface area (Å²) in [4.78, 5) is 31.8. The van der Waals surface area contributed by atoms with Crippen molar-refractivity contribution in [3.05, 3.63) is 72.6 Å². The Hall–Kier alpha value is -3.15. The van der Waals surface area contributed by atoms with Gasteiger partial charge in [-0.15, -0.1) is 0 Å². The predicted molar refractivity (Wildman–Crippen MR) is 97.4 cm³/mol. The van der Waals surface area contributed by atoms with E-state index in [0.717, 1.165) is 30.6 Å². The summed E-state index contributed by atoms with van der Waals surface area (Å²) >= 11 is 0. The van der Waals surface area contributed by atoms with Gasteiger partial charge in [0, 0.05) is 61.2 Å². The Morgan fingerprint density at radius 2 is 1.92 bits per heavy atom. The molecule has 3 aromatic rings. The molecule has 6 nitrogen and oxygen atoms in total. The number of carbonyl (C=O) groups excluding carboxylic acids is 1. The Morgan fingerprint density at radius 3 is 2.73 bits per heavy atom. The van der Waals surface area contributed by atoms with Crippen LogP contribution in [0.4, 0.5) is 0 Å². The Labute approximate surface area is 152 Å². The maximum Gasteiger partial charge on any atom is 0.255 e. The molecule has 1 aliphatic heterocycles. The van der Waals surface area contributed by atoms with Crippen LogP contribution in [0.1, 0.15) is 34.8 Å². The van der Waals surface area contributed by atoms with Gasteiger partial charge in [0.05, 0.1) is 5.56 Å². The molecule has 130 valence electrons. The smallest absolute Gasteiger partial charge is 0.255 e. The predicted octanol–water partition coefficient (Wildman–Crippen LogP) is 2.95. The standard InChI is InChI=1S/C20H19N5O/c26-20(16-3-1-8-22-13-16)25-12-2-4-17(14-25)18-7-11-23-19(24-18)15-5-9-21-10-6-15/h1,3,5-11,13,17H,2,4,12,14H2/t17-/m0/s1. The highest BCUT2D eigenvalue weighted by Crippen LogP contribution is 2.27. The third kappa shape index (κ3) is 3.44. The monoisotopic (exact) mass is 345 g/mol. The number of hydrogen-bond acceptors (Lipinski definition) is 5. The number of likely N-dealkylation sites (tertiary alicyclic amines) is 1. The van der Waals surface area contributed by atoms with E-state index in [-0.39, 0.29) is 11.8 Å². The van der Waals surface area contributed by atoms with Gasteiger partial charge in [-0.3, -0.25) is 14.8 Å². The van der Waals surface area contributed by atoms with Crippen LogP contribution in [0.3, 0.4) is 0 Å². The molecule has 0 aliphatic carbocycles. The summed E-state index contributed by atoms with van der Waals surface area (Å²) in [5.74, 6) is 0.944. The van der Waals surface area contributed by atoms with Crippen LogP contribution in [0, 0.1) is 0 Å². The molecule has 0 saturated carbocycles. The van der Waals surface area contributed by atoms with Gasteiger partial charge in [-0.25, -0.2) is 9.97 Å². The van der Waals surface area contributed by atoms with Crippen LogP contribution in [-0.2, 0) is 0 Å². The molecule has 1 aliphatic rings. The highest BCUT2D eigenvalue weighted by molar-refractivity contribution is 5.94. The highest BCUT2D eigenvalue weighted by atomic mass is 16.2. The lowest BCUT2D eigenvalue weighted by Gasteiger charge is -2.32. The lowest BCUT2D eigenvalue weighted by Crippen LogP contribution is -2.39. The third-order valence-corrected chi connectivity index (χ3v) is 4.65. The number of amides is 1. The summed E-state index contributed by atoms with van der Waals surface area (Å²) in [5, 5.41) is 0. The zero-order valence-electron chi connectivity index (χ0n) is 14.3. The molecule has 0 N–H and O–H groups in total. The Bertz CT molecular complexity index is 885. The van der Waals surface area contributed by atoms with Gasteiger partial charge in [-0.2, -0.15) is 0 Å². The topological polar surface area (TPSA) is 71.9 Å². The second-order valence-corrected chi connectivity index (χ2v) is 6.37. The molecule has 1 fully saturated rings. The molecule has 1 saturated heterocycles. The fourth-order valence-electron chi connectivity index (χ4n) is 3.31. The van der Waals surface area contributed by atoms with Crippen LogP contribution in [0.2, 0.25) is 0 Å². The molecule has 0 aromatic carbocycles. The summed E-state index contributed by atoms with van der Waals surface area (Å²) in [7, 11) is 0. The van der Waals surface area contributed by atoms with E-state index in [1.165, 1.54) is 0 Å². The van der Waals surface area contributed by atoms with Crippen molar-refractivity contribution in [3.8, 4) is 11.4 Å². The molecule has 26 heavy (non-hydrogen) atoms. The number of aromatic nitrogens is 4. The quantitative estimate of drug-likeness (QED) is 0.730. The second-order valence-electron chi connectivity index (χ2n) is 6.37. The van der Waals surface area contributed by atoms with E-state index in [4.69, 9.17) is 4.98 Å². The number of carbonyl (C=O) groups is 1. The molecule has 4 heterocycles. The van der Waals surface area contributed by atoms with E-state index in [1.54, 1.807) is 37.1 Å². The highest BCUT2D eigenvalue weighted by Gasteiger charge is 2.26. The number of piperidine rings is 1. The minimum absolute atomic E-state index is 0.0335. The van der Waals surface area contributed by atoms with Gasteiger partial charge in [-0.05, 0) is 43.2 Å². The van der Waals surface area contributed by atoms with Gasteiger partial charge >= 0.3 is 0 Å². The number of pyridine rings is 2. The average Bonchev–Trinajstić information content (AvgIpc) is 2.75. The number of nitrogens with zero attached hydrogens (tertiary/aromatic N) is 5. The molecule has 1 atom stereocenters. The minimum atomic E-state index is 0.0335. The van der Waals surface area contributed by atoms with Crippen molar-refractivity contribution in [2.45, 2.75) is 18.8 Å². The first-order valence-corrected chi connectivity index (χ1v) is 8.74. The van der Waals surface area contributed by atoms with Crippen LogP contribution in [0.5, 0.6) is 0 Å². The lowest BCUT2D eigenvalue weighted by molar-refractivity contribution is 0.0705. The molecule has 3 aromatic heterocycles. The Balaban J connectivity index is 1.54. The van der Waals surface area contributed by atoms with Crippen molar-refractivity contribution in [2.24, 2.45) is 0 Å². The summed E-state index contributed by atoms with van der Waals surface area (Å²) in [6.45, 7) is 1.44. The van der Waals surface area contributed by atoms with Crippen molar-refractivity contribution in [2.75, 3.05) is 13.1 Å². The van der Waals surface area contributed by atoms with E-state index >= 15 is 0 Å². The van der Waals surface area contributed by atoms with Gasteiger partial charge in [0.2, 0.25) is 0 Å². The molecule has 0 spiro atoms. The number of hydrogen-bond donors (Lipinski definition) is 0. The maximum atomic E-state index is 12.7. The van der Waals surface area contributed by atoms with Crippen molar-refractivity contribution >= 4 is 5.91 Å². The molecular weight excluding hydrogens is 326 g/mol. The number of rotatable bonds is 3. The molecule has 0 unspecified atom stereocenters. The summed E-state index contributed by atoms with van der Waals surface area (Å²) in [5.41, 5.74) is 2.56. The zero-order chi connectivity index (χ0) is 17.8. The summed E-state index contributed by atoms with van der Waals surface area (Å²) in [6, 6.07) is 9.36. The van der Waals surface area contributed by atoms with E-state index in [2.05, 4.69) is 15.0 Å². The van der Waals surface area contributed by atoms with Crippen LogP contribution >= 0.6 is 0 Å². The minimum Gasteiger partial charge on any atom is -0.338 e. The molecular formula is C20H19N5O. The molecule has 0 bridgehead atoms. The SMILES string of the molecule is O=C(c1cccnc1)N1CCC[C@H](c2ccnc(-c3ccncc3)n2)C1. The normalized spacial score (nSPS) is 17.1. The van der Waals surface area contributed by atoms with Crippen LogP contribution in [-0.4, -0.2) is 43.8 Å². The van der Waals surface area contributed by atoms with Crippen molar-refractivity contribution in [1.29, 1.82) is 0 Å². The van der Waals surface area contributed by atoms with Gasteiger partial charge in [0.1, 0.15) is 0 Å². The van der Waals surface area contributed by atoms with Gasteiger partial charge in [0.15, 0.2) is 5.82 Å². The van der Waals surface area contributed by atoms with E-state index < -0.39 is 0 Å².